The molecule has 0 aromatic heterocycles. The van der Waals surface area contributed by atoms with E-state index in [0.29, 0.717) is 30.1 Å². The van der Waals surface area contributed by atoms with Crippen molar-refractivity contribution in [1.82, 2.24) is 4.90 Å². The summed E-state index contributed by atoms with van der Waals surface area (Å²) in [5.74, 6) is 0.248. The smallest absolute Gasteiger partial charge is 0.238 e. The topological polar surface area (TPSA) is 94.5 Å². The molecule has 146 valence electrons. The van der Waals surface area contributed by atoms with Crippen LogP contribution in [0.1, 0.15) is 12.5 Å². The largest absolute Gasteiger partial charge is 0.497 e. The number of carbonyl (C=O) groups excluding carboxylic acids is 2. The number of nitriles is 1. The molecule has 2 amide bonds. The van der Waals surface area contributed by atoms with Gasteiger partial charge in [-0.15, -0.1) is 0 Å². The third-order valence-electron chi connectivity index (χ3n) is 4.06. The molecule has 0 aliphatic carbocycles. The molecule has 0 saturated carbocycles. The van der Waals surface area contributed by atoms with Crippen molar-refractivity contribution in [3.63, 3.8) is 0 Å². The van der Waals surface area contributed by atoms with E-state index in [1.165, 1.54) is 0 Å². The average molecular weight is 380 g/mol. The Hall–Kier alpha value is -3.37. The standard InChI is InChI=1S/C21H24N4O3/c1-3-25(15-21(27)24-18-5-4-6-19(13-18)28-2)14-20(26)23-17-9-7-16(8-10-17)11-12-22/h4-10,13H,3,11,14-15H2,1-2H3,(H,23,26)(H,24,27). The second-order valence-corrected chi connectivity index (χ2v) is 6.16. The first-order valence-corrected chi connectivity index (χ1v) is 8.96. The molecule has 0 bridgehead atoms. The van der Waals surface area contributed by atoms with E-state index in [2.05, 4.69) is 16.7 Å². The lowest BCUT2D eigenvalue weighted by molar-refractivity contribution is -0.119. The SMILES string of the molecule is CCN(CC(=O)Nc1ccc(CC#N)cc1)CC(=O)Nc1cccc(OC)c1. The summed E-state index contributed by atoms with van der Waals surface area (Å²) in [5.41, 5.74) is 2.19. The molecular weight excluding hydrogens is 356 g/mol. The minimum atomic E-state index is -0.205. The highest BCUT2D eigenvalue weighted by Gasteiger charge is 2.14. The lowest BCUT2D eigenvalue weighted by Gasteiger charge is -2.19. The molecule has 7 nitrogen and oxygen atoms in total. The first-order chi connectivity index (χ1) is 13.5. The second-order valence-electron chi connectivity index (χ2n) is 6.16. The third kappa shape index (κ3) is 6.74. The van der Waals surface area contributed by atoms with Crippen LogP contribution in [0.3, 0.4) is 0 Å². The number of benzene rings is 2. The Bertz CT molecular complexity index is 843. The lowest BCUT2D eigenvalue weighted by atomic mass is 10.1. The van der Waals surface area contributed by atoms with Gasteiger partial charge in [-0.1, -0.05) is 25.1 Å². The van der Waals surface area contributed by atoms with E-state index in [-0.39, 0.29) is 24.9 Å². The maximum atomic E-state index is 12.3. The van der Waals surface area contributed by atoms with Gasteiger partial charge in [-0.05, 0) is 36.4 Å². The van der Waals surface area contributed by atoms with Crippen LogP contribution in [-0.2, 0) is 16.0 Å². The molecule has 0 atom stereocenters. The molecule has 0 saturated heterocycles. The van der Waals surface area contributed by atoms with Crippen LogP contribution in [0.15, 0.2) is 48.5 Å². The third-order valence-corrected chi connectivity index (χ3v) is 4.06. The van der Waals surface area contributed by atoms with Gasteiger partial charge in [0.1, 0.15) is 5.75 Å². The molecule has 2 aromatic rings. The molecule has 28 heavy (non-hydrogen) atoms. The number of rotatable bonds is 9. The molecule has 0 fully saturated rings. The first-order valence-electron chi connectivity index (χ1n) is 8.96. The number of nitrogens with one attached hydrogen (secondary N) is 2. The molecule has 7 heteroatoms. The fourth-order valence-electron chi connectivity index (χ4n) is 2.58. The molecule has 0 unspecified atom stereocenters. The Morgan fingerprint density at radius 3 is 2.25 bits per heavy atom. The highest BCUT2D eigenvalue weighted by Crippen LogP contribution is 2.16. The molecule has 2 rings (SSSR count). The van der Waals surface area contributed by atoms with Crippen molar-refractivity contribution in [3.8, 4) is 11.8 Å². The van der Waals surface area contributed by atoms with Crippen molar-refractivity contribution in [2.75, 3.05) is 37.4 Å². The van der Waals surface area contributed by atoms with Gasteiger partial charge in [-0.3, -0.25) is 14.5 Å². The van der Waals surface area contributed by atoms with Crippen molar-refractivity contribution >= 4 is 23.2 Å². The minimum Gasteiger partial charge on any atom is -0.497 e. The van der Waals surface area contributed by atoms with E-state index in [1.807, 2.05) is 6.92 Å². The summed E-state index contributed by atoms with van der Waals surface area (Å²) >= 11 is 0. The van der Waals surface area contributed by atoms with Gasteiger partial charge in [0.25, 0.3) is 0 Å². The predicted octanol–water partition coefficient (Wildman–Crippen LogP) is 2.66. The molecule has 0 aliphatic heterocycles. The van der Waals surface area contributed by atoms with Crippen molar-refractivity contribution in [1.29, 1.82) is 5.26 Å². The number of amides is 2. The number of nitrogens with zero attached hydrogens (tertiary/aromatic N) is 2. The summed E-state index contributed by atoms with van der Waals surface area (Å²) in [7, 11) is 1.56. The van der Waals surface area contributed by atoms with Crippen molar-refractivity contribution in [3.05, 3.63) is 54.1 Å². The quantitative estimate of drug-likeness (QED) is 0.697. The number of carbonyl (C=O) groups is 2. The fourth-order valence-corrected chi connectivity index (χ4v) is 2.58. The number of anilines is 2. The Morgan fingerprint density at radius 2 is 1.68 bits per heavy atom. The molecule has 0 spiro atoms. The van der Waals surface area contributed by atoms with Crippen LogP contribution in [0.2, 0.25) is 0 Å². The van der Waals surface area contributed by atoms with Crippen LogP contribution in [0.4, 0.5) is 11.4 Å². The molecule has 0 heterocycles. The molecule has 0 radical (unpaired) electrons. The summed E-state index contributed by atoms with van der Waals surface area (Å²) in [6, 6.07) is 16.3. The van der Waals surface area contributed by atoms with Crippen molar-refractivity contribution in [2.45, 2.75) is 13.3 Å². The predicted molar refractivity (Wildman–Crippen MR) is 108 cm³/mol. The van der Waals surface area contributed by atoms with Gasteiger partial charge in [0.2, 0.25) is 11.8 Å². The van der Waals surface area contributed by atoms with E-state index >= 15 is 0 Å². The summed E-state index contributed by atoms with van der Waals surface area (Å²) < 4.78 is 5.14. The zero-order chi connectivity index (χ0) is 20.4. The lowest BCUT2D eigenvalue weighted by Crippen LogP contribution is -2.38. The van der Waals surface area contributed by atoms with E-state index in [1.54, 1.807) is 60.5 Å². The van der Waals surface area contributed by atoms with Gasteiger partial charge in [0.15, 0.2) is 0 Å². The van der Waals surface area contributed by atoms with Crippen LogP contribution >= 0.6 is 0 Å². The van der Waals surface area contributed by atoms with Crippen LogP contribution in [0, 0.1) is 11.3 Å². The fraction of sp³-hybridized carbons (Fsp3) is 0.286. The Kier molecular flexibility index (Phi) is 8.00. The van der Waals surface area contributed by atoms with Gasteiger partial charge < -0.3 is 15.4 Å². The van der Waals surface area contributed by atoms with E-state index in [0.717, 1.165) is 5.56 Å². The Balaban J connectivity index is 1.85. The summed E-state index contributed by atoms with van der Waals surface area (Å²) in [5, 5.41) is 14.3. The van der Waals surface area contributed by atoms with E-state index in [9.17, 15) is 9.59 Å². The maximum Gasteiger partial charge on any atom is 0.238 e. The Morgan fingerprint density at radius 1 is 1.04 bits per heavy atom. The van der Waals surface area contributed by atoms with Gasteiger partial charge in [-0.2, -0.15) is 5.26 Å². The second kappa shape index (κ2) is 10.7. The zero-order valence-electron chi connectivity index (χ0n) is 16.1. The van der Waals surface area contributed by atoms with Gasteiger partial charge in [-0.25, -0.2) is 0 Å². The number of hydrogen-bond acceptors (Lipinski definition) is 5. The Labute approximate surface area is 164 Å². The molecule has 0 aliphatic rings. The van der Waals surface area contributed by atoms with E-state index in [4.69, 9.17) is 10.00 Å². The average Bonchev–Trinajstić information content (AvgIpc) is 2.69. The molecule has 2 N–H and O–H groups in total. The minimum absolute atomic E-state index is 0.0992. The highest BCUT2D eigenvalue weighted by molar-refractivity contribution is 5.94. The van der Waals surface area contributed by atoms with Crippen LogP contribution in [0.25, 0.3) is 0 Å². The zero-order valence-corrected chi connectivity index (χ0v) is 16.1. The van der Waals surface area contributed by atoms with Crippen LogP contribution < -0.4 is 15.4 Å². The summed E-state index contributed by atoms with van der Waals surface area (Å²) in [4.78, 5) is 26.3. The van der Waals surface area contributed by atoms with Crippen LogP contribution in [0.5, 0.6) is 5.75 Å². The normalized spacial score (nSPS) is 10.2. The summed E-state index contributed by atoms with van der Waals surface area (Å²) in [6.07, 6.45) is 0.334. The van der Waals surface area contributed by atoms with E-state index < -0.39 is 0 Å². The first kappa shape index (κ1) is 20.9. The van der Waals surface area contributed by atoms with Gasteiger partial charge in [0, 0.05) is 17.4 Å². The highest BCUT2D eigenvalue weighted by atomic mass is 16.5. The molecule has 2 aromatic carbocycles. The van der Waals surface area contributed by atoms with Crippen molar-refractivity contribution < 1.29 is 14.3 Å². The number of likely N-dealkylation sites (N-methyl/N-ethyl adjacent to an activating group) is 1. The monoisotopic (exact) mass is 380 g/mol. The number of hydrogen-bond donors (Lipinski definition) is 2. The van der Waals surface area contributed by atoms with Crippen LogP contribution in [-0.4, -0.2) is 43.5 Å². The maximum absolute atomic E-state index is 12.3. The van der Waals surface area contributed by atoms with Crippen molar-refractivity contribution in [2.24, 2.45) is 0 Å². The molecular formula is C21H24N4O3. The van der Waals surface area contributed by atoms with Gasteiger partial charge in [0.05, 0.1) is 32.7 Å². The number of ether oxygens (including phenoxy) is 1. The number of methoxy groups -OCH3 is 1. The van der Waals surface area contributed by atoms with Gasteiger partial charge >= 0.3 is 0 Å². The summed E-state index contributed by atoms with van der Waals surface area (Å²) in [6.45, 7) is 2.65.